The Balaban J connectivity index is 2.18. The number of aryl methyl sites for hydroxylation is 1. The van der Waals surface area contributed by atoms with Gasteiger partial charge in [0.1, 0.15) is 6.33 Å². The van der Waals surface area contributed by atoms with E-state index in [1.807, 2.05) is 6.20 Å². The lowest BCUT2D eigenvalue weighted by Crippen LogP contribution is -2.14. The number of aromatic nitrogens is 2. The predicted molar refractivity (Wildman–Crippen MR) is 60.9 cm³/mol. The molecule has 3 heteroatoms. The summed E-state index contributed by atoms with van der Waals surface area (Å²) in [7, 11) is 0. The molecule has 0 aromatic carbocycles. The fourth-order valence-electron chi connectivity index (χ4n) is 2.30. The molecule has 15 heavy (non-hydrogen) atoms. The molecule has 1 aromatic heterocycles. The first-order valence-corrected chi connectivity index (χ1v) is 5.91. The Labute approximate surface area is 91.3 Å². The molecule has 0 aliphatic carbocycles. The fourth-order valence-corrected chi connectivity index (χ4v) is 2.30. The third kappa shape index (κ3) is 2.53. The first-order valence-electron chi connectivity index (χ1n) is 5.91. The summed E-state index contributed by atoms with van der Waals surface area (Å²) in [5.74, 6) is 0.637. The molecule has 0 bridgehead atoms. The zero-order valence-electron chi connectivity index (χ0n) is 9.37. The summed E-state index contributed by atoms with van der Waals surface area (Å²) in [6.07, 6.45) is 8.44. The highest BCUT2D eigenvalue weighted by Crippen LogP contribution is 2.26. The van der Waals surface area contributed by atoms with E-state index in [2.05, 4.69) is 22.2 Å². The van der Waals surface area contributed by atoms with Gasteiger partial charge in [0.2, 0.25) is 0 Å². The van der Waals surface area contributed by atoms with E-state index >= 15 is 0 Å². The minimum absolute atomic E-state index is 0.637. The molecule has 2 heterocycles. The molecule has 1 aromatic rings. The summed E-state index contributed by atoms with van der Waals surface area (Å²) >= 11 is 0. The quantitative estimate of drug-likeness (QED) is 0.801. The van der Waals surface area contributed by atoms with E-state index in [0.29, 0.717) is 5.92 Å². The second kappa shape index (κ2) is 5.21. The second-order valence-electron chi connectivity index (χ2n) is 4.16. The monoisotopic (exact) mass is 205 g/mol. The van der Waals surface area contributed by atoms with Crippen LogP contribution in [0.4, 0.5) is 0 Å². The zero-order chi connectivity index (χ0) is 10.5. The van der Waals surface area contributed by atoms with Gasteiger partial charge >= 0.3 is 0 Å². The summed E-state index contributed by atoms with van der Waals surface area (Å²) in [4.78, 5) is 8.58. The Morgan fingerprint density at radius 3 is 3.20 bits per heavy atom. The van der Waals surface area contributed by atoms with Crippen molar-refractivity contribution in [2.45, 2.75) is 38.5 Å². The Bertz CT molecular complexity index is 303. The van der Waals surface area contributed by atoms with Crippen molar-refractivity contribution in [3.63, 3.8) is 0 Å². The highest BCUT2D eigenvalue weighted by atomic mass is 14.9. The molecule has 1 aliphatic rings. The van der Waals surface area contributed by atoms with Gasteiger partial charge in [-0.3, -0.25) is 0 Å². The molecule has 0 radical (unpaired) electrons. The van der Waals surface area contributed by atoms with Crippen LogP contribution < -0.4 is 5.32 Å². The summed E-state index contributed by atoms with van der Waals surface area (Å²) in [6, 6.07) is 0. The zero-order valence-corrected chi connectivity index (χ0v) is 9.37. The highest BCUT2D eigenvalue weighted by Gasteiger charge is 2.17. The number of hydrogen-bond donors (Lipinski definition) is 1. The molecule has 1 N–H and O–H groups in total. The van der Waals surface area contributed by atoms with Crippen molar-refractivity contribution < 1.29 is 0 Å². The maximum absolute atomic E-state index is 4.48. The lowest BCUT2D eigenvalue weighted by Gasteiger charge is -2.15. The maximum atomic E-state index is 4.48. The largest absolute Gasteiger partial charge is 0.317 e. The first kappa shape index (κ1) is 10.6. The summed E-state index contributed by atoms with van der Waals surface area (Å²) in [6.45, 7) is 4.46. The molecular weight excluding hydrogens is 186 g/mol. The molecule has 2 rings (SSSR count). The van der Waals surface area contributed by atoms with Crippen LogP contribution in [0.1, 0.15) is 43.4 Å². The van der Waals surface area contributed by atoms with E-state index in [4.69, 9.17) is 0 Å². The Hall–Kier alpha value is -0.960. The standard InChI is InChI=1S/C12H19N3/c1-2-10-8-14-9-15-12(10)11-4-3-6-13-7-5-11/h8-9,11,13H,2-7H2,1H3. The molecular formula is C12H19N3. The van der Waals surface area contributed by atoms with Gasteiger partial charge in [0.25, 0.3) is 0 Å². The molecule has 82 valence electrons. The van der Waals surface area contributed by atoms with Gasteiger partial charge in [-0.05, 0) is 44.3 Å². The maximum Gasteiger partial charge on any atom is 0.115 e. The number of rotatable bonds is 2. The summed E-state index contributed by atoms with van der Waals surface area (Å²) in [5.41, 5.74) is 2.61. The molecule has 1 aliphatic heterocycles. The van der Waals surface area contributed by atoms with Crippen LogP contribution in [-0.4, -0.2) is 23.1 Å². The molecule has 0 saturated carbocycles. The van der Waals surface area contributed by atoms with Crippen LogP contribution in [-0.2, 0) is 6.42 Å². The van der Waals surface area contributed by atoms with E-state index < -0.39 is 0 Å². The third-order valence-corrected chi connectivity index (χ3v) is 3.17. The van der Waals surface area contributed by atoms with Crippen molar-refractivity contribution in [1.82, 2.24) is 15.3 Å². The summed E-state index contributed by atoms with van der Waals surface area (Å²) in [5, 5.41) is 3.44. The number of nitrogens with zero attached hydrogens (tertiary/aromatic N) is 2. The molecule has 1 unspecified atom stereocenters. The van der Waals surface area contributed by atoms with Crippen molar-refractivity contribution in [3.05, 3.63) is 23.8 Å². The average Bonchev–Trinajstić information content (AvgIpc) is 2.57. The van der Waals surface area contributed by atoms with Gasteiger partial charge in [0, 0.05) is 12.1 Å². The van der Waals surface area contributed by atoms with Gasteiger partial charge in [-0.25, -0.2) is 9.97 Å². The van der Waals surface area contributed by atoms with Crippen molar-refractivity contribution >= 4 is 0 Å². The van der Waals surface area contributed by atoms with Gasteiger partial charge < -0.3 is 5.32 Å². The van der Waals surface area contributed by atoms with E-state index in [1.54, 1.807) is 6.33 Å². The first-order chi connectivity index (χ1) is 7.42. The van der Waals surface area contributed by atoms with Crippen molar-refractivity contribution in [1.29, 1.82) is 0 Å². The van der Waals surface area contributed by atoms with Crippen LogP contribution >= 0.6 is 0 Å². The average molecular weight is 205 g/mol. The highest BCUT2D eigenvalue weighted by molar-refractivity contribution is 5.20. The van der Waals surface area contributed by atoms with E-state index in [9.17, 15) is 0 Å². The Morgan fingerprint density at radius 2 is 2.33 bits per heavy atom. The van der Waals surface area contributed by atoms with Crippen molar-refractivity contribution in [2.24, 2.45) is 0 Å². The third-order valence-electron chi connectivity index (χ3n) is 3.17. The van der Waals surface area contributed by atoms with E-state index in [1.165, 1.54) is 30.5 Å². The van der Waals surface area contributed by atoms with Crippen LogP contribution in [0.5, 0.6) is 0 Å². The molecule has 1 fully saturated rings. The lowest BCUT2D eigenvalue weighted by atomic mass is 9.93. The van der Waals surface area contributed by atoms with Crippen LogP contribution in [0.2, 0.25) is 0 Å². The smallest absolute Gasteiger partial charge is 0.115 e. The fraction of sp³-hybridized carbons (Fsp3) is 0.667. The predicted octanol–water partition coefficient (Wildman–Crippen LogP) is 1.90. The SMILES string of the molecule is CCc1cncnc1C1CCCNCC1. The molecule has 0 amide bonds. The normalized spacial score (nSPS) is 22.3. The van der Waals surface area contributed by atoms with Crippen molar-refractivity contribution in [2.75, 3.05) is 13.1 Å². The van der Waals surface area contributed by atoms with Crippen LogP contribution in [0.15, 0.2) is 12.5 Å². The van der Waals surface area contributed by atoms with E-state index in [-0.39, 0.29) is 0 Å². The van der Waals surface area contributed by atoms with Crippen LogP contribution in [0, 0.1) is 0 Å². The minimum atomic E-state index is 0.637. The molecule has 3 nitrogen and oxygen atoms in total. The van der Waals surface area contributed by atoms with Gasteiger partial charge in [0.05, 0.1) is 5.69 Å². The molecule has 1 atom stereocenters. The Morgan fingerprint density at radius 1 is 1.40 bits per heavy atom. The second-order valence-corrected chi connectivity index (χ2v) is 4.16. The lowest BCUT2D eigenvalue weighted by molar-refractivity contribution is 0.585. The summed E-state index contributed by atoms with van der Waals surface area (Å²) < 4.78 is 0. The topological polar surface area (TPSA) is 37.8 Å². The van der Waals surface area contributed by atoms with Crippen molar-refractivity contribution in [3.8, 4) is 0 Å². The van der Waals surface area contributed by atoms with Gasteiger partial charge in [-0.1, -0.05) is 6.92 Å². The van der Waals surface area contributed by atoms with Gasteiger partial charge in [-0.15, -0.1) is 0 Å². The van der Waals surface area contributed by atoms with Crippen LogP contribution in [0.3, 0.4) is 0 Å². The van der Waals surface area contributed by atoms with Gasteiger partial charge in [-0.2, -0.15) is 0 Å². The number of nitrogens with one attached hydrogen (secondary N) is 1. The number of hydrogen-bond acceptors (Lipinski definition) is 3. The van der Waals surface area contributed by atoms with E-state index in [0.717, 1.165) is 19.5 Å². The van der Waals surface area contributed by atoms with Crippen LogP contribution in [0.25, 0.3) is 0 Å². The molecule has 1 saturated heterocycles. The Kier molecular flexibility index (Phi) is 3.67. The van der Waals surface area contributed by atoms with Gasteiger partial charge in [0.15, 0.2) is 0 Å². The minimum Gasteiger partial charge on any atom is -0.317 e. The molecule has 0 spiro atoms.